The first kappa shape index (κ1) is 15.4. The van der Waals surface area contributed by atoms with Gasteiger partial charge in [0.2, 0.25) is 0 Å². The van der Waals surface area contributed by atoms with E-state index in [1.807, 2.05) is 0 Å². The van der Waals surface area contributed by atoms with Crippen molar-refractivity contribution in [3.05, 3.63) is 29.3 Å². The standard InChI is InChI=1S/C14H20F2N2O/c1-2-3-4-5-6-7-18-13-8-10(14(17)19)11(15)9-12(13)16/h8-9,18H,2-7H2,1H3,(H2,17,19). The Hall–Kier alpha value is -1.65. The van der Waals surface area contributed by atoms with Crippen LogP contribution in [0.4, 0.5) is 14.5 Å². The van der Waals surface area contributed by atoms with Crippen molar-refractivity contribution in [1.82, 2.24) is 0 Å². The Labute approximate surface area is 112 Å². The summed E-state index contributed by atoms with van der Waals surface area (Å²) in [5.74, 6) is -2.54. The average Bonchev–Trinajstić information content (AvgIpc) is 2.35. The van der Waals surface area contributed by atoms with Gasteiger partial charge < -0.3 is 11.1 Å². The maximum atomic E-state index is 13.5. The second kappa shape index (κ2) is 7.71. The van der Waals surface area contributed by atoms with E-state index in [4.69, 9.17) is 5.73 Å². The molecule has 0 heterocycles. The zero-order chi connectivity index (χ0) is 14.3. The molecule has 0 unspecified atom stereocenters. The van der Waals surface area contributed by atoms with Crippen LogP contribution in [-0.2, 0) is 0 Å². The highest BCUT2D eigenvalue weighted by Crippen LogP contribution is 2.19. The summed E-state index contributed by atoms with van der Waals surface area (Å²) in [4.78, 5) is 11.0. The molecular formula is C14H20F2N2O. The molecule has 0 atom stereocenters. The first-order valence-corrected chi connectivity index (χ1v) is 6.59. The molecule has 1 rings (SSSR count). The highest BCUT2D eigenvalue weighted by Gasteiger charge is 2.13. The molecule has 0 bridgehead atoms. The average molecular weight is 270 g/mol. The lowest BCUT2D eigenvalue weighted by Gasteiger charge is -2.09. The number of carbonyl (C=O) groups is 1. The molecule has 106 valence electrons. The van der Waals surface area contributed by atoms with Crippen LogP contribution in [0.5, 0.6) is 0 Å². The van der Waals surface area contributed by atoms with E-state index in [1.165, 1.54) is 12.8 Å². The minimum absolute atomic E-state index is 0.116. The fourth-order valence-corrected chi connectivity index (χ4v) is 1.82. The number of nitrogens with two attached hydrogens (primary N) is 1. The van der Waals surface area contributed by atoms with Crippen molar-refractivity contribution in [2.24, 2.45) is 5.73 Å². The second-order valence-electron chi connectivity index (χ2n) is 4.52. The largest absolute Gasteiger partial charge is 0.383 e. The number of primary amides is 1. The van der Waals surface area contributed by atoms with E-state index in [9.17, 15) is 13.6 Å². The Kier molecular flexibility index (Phi) is 6.25. The molecule has 0 saturated carbocycles. The summed E-state index contributed by atoms with van der Waals surface area (Å²) in [6.45, 7) is 2.72. The van der Waals surface area contributed by atoms with Gasteiger partial charge in [0.15, 0.2) is 0 Å². The predicted octanol–water partition coefficient (Wildman–Crippen LogP) is 3.45. The van der Waals surface area contributed by atoms with Crippen molar-refractivity contribution < 1.29 is 13.6 Å². The van der Waals surface area contributed by atoms with Crippen LogP contribution in [0.2, 0.25) is 0 Å². The molecule has 3 N–H and O–H groups in total. The van der Waals surface area contributed by atoms with Gasteiger partial charge in [0.1, 0.15) is 11.6 Å². The number of carbonyl (C=O) groups excluding carboxylic acids is 1. The normalized spacial score (nSPS) is 10.5. The minimum atomic E-state index is -0.932. The topological polar surface area (TPSA) is 55.1 Å². The molecule has 1 aromatic rings. The van der Waals surface area contributed by atoms with Gasteiger partial charge in [0.05, 0.1) is 11.3 Å². The SMILES string of the molecule is CCCCCCCNc1cc(C(N)=O)c(F)cc1F. The van der Waals surface area contributed by atoms with Crippen LogP contribution in [0.1, 0.15) is 49.4 Å². The van der Waals surface area contributed by atoms with Gasteiger partial charge in [-0.15, -0.1) is 0 Å². The summed E-state index contributed by atoms with van der Waals surface area (Å²) >= 11 is 0. The summed E-state index contributed by atoms with van der Waals surface area (Å²) in [6.07, 6.45) is 5.48. The number of halogens is 2. The summed E-state index contributed by atoms with van der Waals surface area (Å²) in [7, 11) is 0. The van der Waals surface area contributed by atoms with Gasteiger partial charge in [-0.3, -0.25) is 4.79 Å². The Balaban J connectivity index is 2.53. The van der Waals surface area contributed by atoms with Gasteiger partial charge in [-0.05, 0) is 12.5 Å². The fourth-order valence-electron chi connectivity index (χ4n) is 1.82. The number of benzene rings is 1. The summed E-state index contributed by atoms with van der Waals surface area (Å²) in [6, 6.07) is 1.80. The Morgan fingerprint density at radius 3 is 2.47 bits per heavy atom. The van der Waals surface area contributed by atoms with Gasteiger partial charge in [0, 0.05) is 12.6 Å². The zero-order valence-electron chi connectivity index (χ0n) is 11.1. The van der Waals surface area contributed by atoms with Crippen LogP contribution in [0, 0.1) is 11.6 Å². The first-order chi connectivity index (χ1) is 9.06. The van der Waals surface area contributed by atoms with Crippen molar-refractivity contribution in [2.45, 2.75) is 39.0 Å². The van der Waals surface area contributed by atoms with Crippen LogP contribution >= 0.6 is 0 Å². The number of nitrogens with one attached hydrogen (secondary N) is 1. The molecule has 0 aliphatic rings. The third-order valence-corrected chi connectivity index (χ3v) is 2.92. The number of hydrogen-bond donors (Lipinski definition) is 2. The lowest BCUT2D eigenvalue weighted by Crippen LogP contribution is -2.14. The van der Waals surface area contributed by atoms with Crippen LogP contribution in [0.25, 0.3) is 0 Å². The van der Waals surface area contributed by atoms with Crippen molar-refractivity contribution in [1.29, 1.82) is 0 Å². The number of anilines is 1. The first-order valence-electron chi connectivity index (χ1n) is 6.59. The maximum absolute atomic E-state index is 13.5. The molecule has 19 heavy (non-hydrogen) atoms. The molecule has 1 aromatic carbocycles. The Bertz CT molecular complexity index is 436. The lowest BCUT2D eigenvalue weighted by molar-refractivity contribution is 0.0996. The molecule has 3 nitrogen and oxygen atoms in total. The molecule has 0 aliphatic carbocycles. The van der Waals surface area contributed by atoms with E-state index in [1.54, 1.807) is 0 Å². The molecule has 0 aromatic heterocycles. The number of amides is 1. The second-order valence-corrected chi connectivity index (χ2v) is 4.52. The van der Waals surface area contributed by atoms with Crippen LogP contribution in [0.3, 0.4) is 0 Å². The molecule has 0 aliphatic heterocycles. The summed E-state index contributed by atoms with van der Waals surface area (Å²) in [5.41, 5.74) is 4.83. The van der Waals surface area contributed by atoms with Crippen molar-refractivity contribution in [3.63, 3.8) is 0 Å². The minimum Gasteiger partial charge on any atom is -0.383 e. The highest BCUT2D eigenvalue weighted by molar-refractivity contribution is 5.94. The third-order valence-electron chi connectivity index (χ3n) is 2.92. The monoisotopic (exact) mass is 270 g/mol. The quantitative estimate of drug-likeness (QED) is 0.711. The van der Waals surface area contributed by atoms with Gasteiger partial charge in [-0.1, -0.05) is 32.6 Å². The summed E-state index contributed by atoms with van der Waals surface area (Å²) in [5, 5.41) is 2.86. The van der Waals surface area contributed by atoms with Crippen LogP contribution in [0.15, 0.2) is 12.1 Å². The molecular weight excluding hydrogens is 250 g/mol. The predicted molar refractivity (Wildman–Crippen MR) is 72.1 cm³/mol. The van der Waals surface area contributed by atoms with E-state index in [-0.39, 0.29) is 11.3 Å². The molecule has 0 spiro atoms. The maximum Gasteiger partial charge on any atom is 0.251 e. The molecule has 5 heteroatoms. The van der Waals surface area contributed by atoms with E-state index < -0.39 is 17.5 Å². The summed E-state index contributed by atoms with van der Waals surface area (Å²) < 4.78 is 26.7. The molecule has 1 amide bonds. The number of rotatable bonds is 8. The molecule has 0 radical (unpaired) electrons. The number of hydrogen-bond acceptors (Lipinski definition) is 2. The van der Waals surface area contributed by atoms with Gasteiger partial charge >= 0.3 is 0 Å². The highest BCUT2D eigenvalue weighted by atomic mass is 19.1. The lowest BCUT2D eigenvalue weighted by atomic mass is 10.1. The van der Waals surface area contributed by atoms with Gasteiger partial charge in [0.25, 0.3) is 5.91 Å². The van der Waals surface area contributed by atoms with Crippen molar-refractivity contribution in [3.8, 4) is 0 Å². The van der Waals surface area contributed by atoms with Crippen molar-refractivity contribution >= 4 is 11.6 Å². The fraction of sp³-hybridized carbons (Fsp3) is 0.500. The van der Waals surface area contributed by atoms with Crippen LogP contribution in [-0.4, -0.2) is 12.5 Å². The Morgan fingerprint density at radius 1 is 1.16 bits per heavy atom. The van der Waals surface area contributed by atoms with E-state index in [0.29, 0.717) is 12.6 Å². The van der Waals surface area contributed by atoms with Gasteiger partial charge in [-0.2, -0.15) is 0 Å². The van der Waals surface area contributed by atoms with Crippen LogP contribution < -0.4 is 11.1 Å². The molecule has 0 saturated heterocycles. The molecule has 0 fully saturated rings. The zero-order valence-corrected chi connectivity index (χ0v) is 11.1. The third kappa shape index (κ3) is 4.85. The smallest absolute Gasteiger partial charge is 0.251 e. The van der Waals surface area contributed by atoms with Crippen molar-refractivity contribution in [2.75, 3.05) is 11.9 Å². The van der Waals surface area contributed by atoms with E-state index in [0.717, 1.165) is 25.3 Å². The van der Waals surface area contributed by atoms with Gasteiger partial charge in [-0.25, -0.2) is 8.78 Å². The number of unbranched alkanes of at least 4 members (excludes halogenated alkanes) is 4. The van der Waals surface area contributed by atoms with E-state index >= 15 is 0 Å². The Morgan fingerprint density at radius 2 is 1.84 bits per heavy atom. The van der Waals surface area contributed by atoms with E-state index in [2.05, 4.69) is 12.2 Å².